The van der Waals surface area contributed by atoms with Gasteiger partial charge in [-0.05, 0) is 11.1 Å². The van der Waals surface area contributed by atoms with E-state index in [1.165, 1.54) is 6.19 Å². The minimum atomic E-state index is 0.132. The average Bonchev–Trinajstić information content (AvgIpc) is 2.55. The van der Waals surface area contributed by atoms with Gasteiger partial charge in [0.15, 0.2) is 6.19 Å². The predicted octanol–water partition coefficient (Wildman–Crippen LogP) is 2.96. The molecule has 0 fully saturated rings. The van der Waals surface area contributed by atoms with E-state index in [0.717, 1.165) is 11.1 Å². The van der Waals surface area contributed by atoms with Crippen molar-refractivity contribution >= 4 is 5.57 Å². The third kappa shape index (κ3) is 4.24. The van der Waals surface area contributed by atoms with Gasteiger partial charge in [0.25, 0.3) is 0 Å². The van der Waals surface area contributed by atoms with E-state index in [1.807, 2.05) is 72.8 Å². The Balaban J connectivity index is 0.000000677. The highest BCUT2D eigenvalue weighted by Crippen LogP contribution is 2.26. The normalized spacial score (nSPS) is 8.05. The lowest BCUT2D eigenvalue weighted by Gasteiger charge is -2.07. The Labute approximate surface area is 123 Å². The van der Waals surface area contributed by atoms with E-state index in [1.54, 1.807) is 0 Å². The fourth-order valence-corrected chi connectivity index (χ4v) is 1.80. The molecule has 2 N–H and O–H groups in total. The number of hydrogen-bond acceptors (Lipinski definition) is 4. The lowest BCUT2D eigenvalue weighted by molar-refractivity contribution is 1.44. The summed E-state index contributed by atoms with van der Waals surface area (Å²) in [5.41, 5.74) is 6.72. The molecule has 100 valence electrons. The van der Waals surface area contributed by atoms with Crippen molar-refractivity contribution in [3.8, 4) is 18.3 Å². The Hall–Kier alpha value is -3.55. The number of nitrogens with two attached hydrogens (primary N) is 1. The van der Waals surface area contributed by atoms with E-state index in [-0.39, 0.29) is 5.57 Å². The Morgan fingerprint density at radius 2 is 1.05 bits per heavy atom. The van der Waals surface area contributed by atoms with E-state index in [9.17, 15) is 0 Å². The molecule has 4 nitrogen and oxygen atoms in total. The zero-order valence-electron chi connectivity index (χ0n) is 11.2. The quantitative estimate of drug-likeness (QED) is 0.516. The van der Waals surface area contributed by atoms with Crippen LogP contribution in [0.2, 0.25) is 0 Å². The highest BCUT2D eigenvalue weighted by atomic mass is 14.5. The molecule has 2 rings (SSSR count). The van der Waals surface area contributed by atoms with Gasteiger partial charge in [0.05, 0.1) is 0 Å². The summed E-state index contributed by atoms with van der Waals surface area (Å²) in [6.07, 6.45) is 1.25. The van der Waals surface area contributed by atoms with E-state index in [4.69, 9.17) is 15.8 Å². The van der Waals surface area contributed by atoms with Crippen LogP contribution >= 0.6 is 0 Å². The summed E-state index contributed by atoms with van der Waals surface area (Å²) in [4.78, 5) is 0. The van der Waals surface area contributed by atoms with Crippen molar-refractivity contribution in [3.05, 3.63) is 77.4 Å². The summed E-state index contributed by atoms with van der Waals surface area (Å²) in [5, 5.41) is 25.3. The van der Waals surface area contributed by atoms with Crippen molar-refractivity contribution in [3.63, 3.8) is 0 Å². The molecular formula is C17H12N4. The van der Waals surface area contributed by atoms with Gasteiger partial charge in [0, 0.05) is 5.57 Å². The number of nitrogens with zero attached hydrogens (tertiary/aromatic N) is 3. The zero-order chi connectivity index (χ0) is 15.5. The van der Waals surface area contributed by atoms with Crippen molar-refractivity contribution in [1.82, 2.24) is 0 Å². The molecule has 0 radical (unpaired) electrons. The van der Waals surface area contributed by atoms with Gasteiger partial charge in [-0.3, -0.25) is 0 Å². The van der Waals surface area contributed by atoms with Crippen molar-refractivity contribution in [2.24, 2.45) is 5.73 Å². The fraction of sp³-hybridized carbons (Fsp3) is 0. The Morgan fingerprint density at radius 1 is 0.714 bits per heavy atom. The second-order valence-corrected chi connectivity index (χ2v) is 3.83. The molecule has 0 amide bonds. The van der Waals surface area contributed by atoms with Gasteiger partial charge in [-0.1, -0.05) is 60.7 Å². The Bertz CT molecular complexity index is 669. The van der Waals surface area contributed by atoms with Crippen LogP contribution in [0.4, 0.5) is 0 Å². The summed E-state index contributed by atoms with van der Waals surface area (Å²) in [6, 6.07) is 22.9. The van der Waals surface area contributed by atoms with Gasteiger partial charge in [0.1, 0.15) is 17.7 Å². The SMILES string of the molecule is N#CC(C#N)=C(c1ccccc1)c1ccccc1.N#CN. The van der Waals surface area contributed by atoms with Crippen LogP contribution in [0, 0.1) is 34.1 Å². The minimum absolute atomic E-state index is 0.132. The van der Waals surface area contributed by atoms with Crippen LogP contribution in [-0.4, -0.2) is 0 Å². The van der Waals surface area contributed by atoms with E-state index < -0.39 is 0 Å². The van der Waals surface area contributed by atoms with Gasteiger partial charge in [-0.15, -0.1) is 0 Å². The maximum absolute atomic E-state index is 9.09. The molecule has 0 aliphatic carbocycles. The predicted molar refractivity (Wildman–Crippen MR) is 79.9 cm³/mol. The monoisotopic (exact) mass is 272 g/mol. The Kier molecular flexibility index (Phi) is 6.30. The number of nitriles is 3. The number of allylic oxidation sites excluding steroid dienone is 1. The van der Waals surface area contributed by atoms with Gasteiger partial charge >= 0.3 is 0 Å². The lowest BCUT2D eigenvalue weighted by Crippen LogP contribution is -1.91. The average molecular weight is 272 g/mol. The second kappa shape index (κ2) is 8.53. The Morgan fingerprint density at radius 3 is 1.33 bits per heavy atom. The van der Waals surface area contributed by atoms with Gasteiger partial charge < -0.3 is 5.73 Å². The summed E-state index contributed by atoms with van der Waals surface area (Å²) < 4.78 is 0. The molecule has 0 spiro atoms. The highest BCUT2D eigenvalue weighted by Gasteiger charge is 2.10. The number of rotatable bonds is 2. The molecule has 0 saturated heterocycles. The highest BCUT2D eigenvalue weighted by molar-refractivity contribution is 5.86. The molecule has 0 bridgehead atoms. The molecule has 0 heterocycles. The molecule has 0 atom stereocenters. The van der Waals surface area contributed by atoms with Crippen LogP contribution in [0.3, 0.4) is 0 Å². The fourth-order valence-electron chi connectivity index (χ4n) is 1.80. The summed E-state index contributed by atoms with van der Waals surface area (Å²) in [7, 11) is 0. The number of benzene rings is 2. The molecule has 2 aromatic carbocycles. The van der Waals surface area contributed by atoms with Crippen LogP contribution in [-0.2, 0) is 0 Å². The van der Waals surface area contributed by atoms with Crippen LogP contribution in [0.1, 0.15) is 11.1 Å². The molecule has 2 aromatic rings. The number of hydrogen-bond donors (Lipinski definition) is 1. The lowest BCUT2D eigenvalue weighted by atomic mass is 9.94. The molecule has 4 heteroatoms. The second-order valence-electron chi connectivity index (χ2n) is 3.83. The largest absolute Gasteiger partial charge is 0.337 e. The van der Waals surface area contributed by atoms with Gasteiger partial charge in [-0.25, -0.2) is 0 Å². The zero-order valence-corrected chi connectivity index (χ0v) is 11.2. The molecule has 0 aliphatic rings. The van der Waals surface area contributed by atoms with E-state index >= 15 is 0 Å². The topological polar surface area (TPSA) is 97.4 Å². The van der Waals surface area contributed by atoms with Gasteiger partial charge in [-0.2, -0.15) is 15.8 Å². The van der Waals surface area contributed by atoms with Crippen LogP contribution in [0.5, 0.6) is 0 Å². The summed E-state index contributed by atoms with van der Waals surface area (Å²) in [5.74, 6) is 0. The maximum atomic E-state index is 9.09. The first-order valence-corrected chi connectivity index (χ1v) is 6.03. The third-order valence-corrected chi connectivity index (χ3v) is 2.60. The van der Waals surface area contributed by atoms with E-state index in [0.29, 0.717) is 5.57 Å². The standard InChI is InChI=1S/C16H10N2.CH2N2/c17-11-15(12-18)16(13-7-3-1-4-8-13)14-9-5-2-6-10-14;2-1-3/h1-10H;2H2. The van der Waals surface area contributed by atoms with Crippen LogP contribution < -0.4 is 5.73 Å². The molecule has 0 aromatic heterocycles. The molecule has 0 unspecified atom stereocenters. The minimum Gasteiger partial charge on any atom is -0.337 e. The van der Waals surface area contributed by atoms with Gasteiger partial charge in [0.2, 0.25) is 0 Å². The maximum Gasteiger partial charge on any atom is 0.173 e. The van der Waals surface area contributed by atoms with Crippen molar-refractivity contribution < 1.29 is 0 Å². The van der Waals surface area contributed by atoms with Crippen molar-refractivity contribution in [2.75, 3.05) is 0 Å². The molecule has 0 saturated carbocycles. The first kappa shape index (κ1) is 15.5. The van der Waals surface area contributed by atoms with E-state index in [2.05, 4.69) is 5.73 Å². The molecular weight excluding hydrogens is 260 g/mol. The third-order valence-electron chi connectivity index (χ3n) is 2.60. The van der Waals surface area contributed by atoms with Crippen molar-refractivity contribution in [2.45, 2.75) is 0 Å². The summed E-state index contributed by atoms with van der Waals surface area (Å²) >= 11 is 0. The van der Waals surface area contributed by atoms with Crippen molar-refractivity contribution in [1.29, 1.82) is 15.8 Å². The first-order valence-electron chi connectivity index (χ1n) is 6.03. The first-order chi connectivity index (χ1) is 10.3. The molecule has 21 heavy (non-hydrogen) atoms. The van der Waals surface area contributed by atoms with Crippen LogP contribution in [0.15, 0.2) is 66.2 Å². The summed E-state index contributed by atoms with van der Waals surface area (Å²) in [6.45, 7) is 0. The smallest absolute Gasteiger partial charge is 0.173 e. The van der Waals surface area contributed by atoms with Crippen LogP contribution in [0.25, 0.3) is 5.57 Å². The molecule has 0 aliphatic heterocycles.